The summed E-state index contributed by atoms with van der Waals surface area (Å²) in [6, 6.07) is 2.74. The smallest absolute Gasteiger partial charge is 0.217 e. The number of fused-ring (bicyclic) bond motifs is 1. The van der Waals surface area contributed by atoms with Gasteiger partial charge in [0.25, 0.3) is 0 Å². The molecule has 1 heterocycles. The van der Waals surface area contributed by atoms with Crippen molar-refractivity contribution >= 4 is 33.2 Å². The Bertz CT molecular complexity index is 419. The number of nitrogens with one attached hydrogen (secondary N) is 1. The monoisotopic (exact) mass is 330 g/mol. The summed E-state index contributed by atoms with van der Waals surface area (Å²) in [6.07, 6.45) is 6.09. The number of aryl methyl sites for hydroxylation is 1. The van der Waals surface area contributed by atoms with Gasteiger partial charge >= 0.3 is 0 Å². The molecule has 5 heteroatoms. The number of carbonyl (C=O) groups is 1. The van der Waals surface area contributed by atoms with Gasteiger partial charge in [0.2, 0.25) is 5.91 Å². The van der Waals surface area contributed by atoms with E-state index in [0.717, 1.165) is 19.4 Å². The van der Waals surface area contributed by atoms with Gasteiger partial charge < -0.3 is 11.1 Å². The van der Waals surface area contributed by atoms with Crippen LogP contribution in [0.3, 0.4) is 0 Å². The first kappa shape index (κ1) is 14.0. The Labute approximate surface area is 120 Å². The van der Waals surface area contributed by atoms with E-state index in [9.17, 15) is 4.79 Å². The van der Waals surface area contributed by atoms with Crippen LogP contribution in [0.4, 0.5) is 0 Å². The molecule has 0 saturated carbocycles. The van der Waals surface area contributed by atoms with Crippen LogP contribution in [0.2, 0.25) is 0 Å². The van der Waals surface area contributed by atoms with Gasteiger partial charge in [0.1, 0.15) is 0 Å². The largest absolute Gasteiger partial charge is 0.370 e. The highest BCUT2D eigenvalue weighted by Crippen LogP contribution is 2.37. The van der Waals surface area contributed by atoms with Crippen molar-refractivity contribution in [1.82, 2.24) is 5.32 Å². The molecule has 3 N–H and O–H groups in total. The van der Waals surface area contributed by atoms with Gasteiger partial charge in [-0.05, 0) is 66.2 Å². The van der Waals surface area contributed by atoms with Crippen LogP contribution in [-0.2, 0) is 11.2 Å². The maximum atomic E-state index is 10.6. The molecule has 3 nitrogen and oxygen atoms in total. The molecule has 1 aliphatic carbocycles. The summed E-state index contributed by atoms with van der Waals surface area (Å²) in [6.45, 7) is 0.963. The van der Waals surface area contributed by atoms with Crippen molar-refractivity contribution in [3.05, 3.63) is 20.3 Å². The zero-order valence-electron chi connectivity index (χ0n) is 10.4. The van der Waals surface area contributed by atoms with Crippen LogP contribution in [0.15, 0.2) is 9.85 Å². The predicted octanol–water partition coefficient (Wildman–Crippen LogP) is 3.13. The fourth-order valence-corrected chi connectivity index (χ4v) is 4.25. The Kier molecular flexibility index (Phi) is 5.21. The molecule has 1 aliphatic rings. The van der Waals surface area contributed by atoms with Gasteiger partial charge in [-0.1, -0.05) is 0 Å². The van der Waals surface area contributed by atoms with Crippen LogP contribution in [0.5, 0.6) is 0 Å². The molecule has 0 spiro atoms. The third-order valence-electron chi connectivity index (χ3n) is 3.32. The Balaban J connectivity index is 1.78. The number of primary amides is 1. The molecule has 0 fully saturated rings. The van der Waals surface area contributed by atoms with E-state index in [2.05, 4.69) is 27.3 Å². The summed E-state index contributed by atoms with van der Waals surface area (Å²) < 4.78 is 1.23. The second-order valence-electron chi connectivity index (χ2n) is 4.75. The Morgan fingerprint density at radius 2 is 2.39 bits per heavy atom. The van der Waals surface area contributed by atoms with Crippen LogP contribution >= 0.6 is 27.3 Å². The summed E-state index contributed by atoms with van der Waals surface area (Å²) in [4.78, 5) is 12.1. The molecular weight excluding hydrogens is 312 g/mol. The molecular formula is C13H19BrN2OS. The SMILES string of the molecule is NC(=O)CCCCNC1CCCc2sc(Br)cc21. The molecule has 0 aliphatic heterocycles. The summed E-state index contributed by atoms with van der Waals surface area (Å²) in [5.74, 6) is -0.197. The lowest BCUT2D eigenvalue weighted by Gasteiger charge is -2.23. The van der Waals surface area contributed by atoms with Crippen molar-refractivity contribution in [2.24, 2.45) is 5.73 Å². The average Bonchev–Trinajstić information content (AvgIpc) is 2.69. The standard InChI is InChI=1S/C13H19BrN2OS/c14-12-8-9-10(4-3-5-11(9)18-12)16-7-2-1-6-13(15)17/h8,10,16H,1-7H2,(H2,15,17). The molecule has 18 heavy (non-hydrogen) atoms. The Hall–Kier alpha value is -0.390. The van der Waals surface area contributed by atoms with Crippen LogP contribution in [0.1, 0.15) is 48.6 Å². The minimum absolute atomic E-state index is 0.197. The van der Waals surface area contributed by atoms with E-state index in [4.69, 9.17) is 5.73 Å². The van der Waals surface area contributed by atoms with E-state index in [1.165, 1.54) is 33.5 Å². The average molecular weight is 331 g/mol. The topological polar surface area (TPSA) is 55.1 Å². The van der Waals surface area contributed by atoms with Gasteiger partial charge in [-0.15, -0.1) is 11.3 Å². The van der Waals surface area contributed by atoms with Gasteiger partial charge in [0.15, 0.2) is 0 Å². The number of hydrogen-bond donors (Lipinski definition) is 2. The fourth-order valence-electron chi connectivity index (χ4n) is 2.43. The zero-order valence-corrected chi connectivity index (χ0v) is 12.8. The second-order valence-corrected chi connectivity index (χ2v) is 7.27. The first-order chi connectivity index (χ1) is 8.66. The molecule has 1 unspecified atom stereocenters. The molecule has 2 rings (SSSR count). The van der Waals surface area contributed by atoms with Crippen molar-refractivity contribution in [3.63, 3.8) is 0 Å². The van der Waals surface area contributed by atoms with Crippen LogP contribution in [-0.4, -0.2) is 12.5 Å². The van der Waals surface area contributed by atoms with Crippen molar-refractivity contribution in [3.8, 4) is 0 Å². The predicted molar refractivity (Wildman–Crippen MR) is 78.7 cm³/mol. The highest BCUT2D eigenvalue weighted by Gasteiger charge is 2.21. The van der Waals surface area contributed by atoms with E-state index in [-0.39, 0.29) is 5.91 Å². The van der Waals surface area contributed by atoms with Crippen molar-refractivity contribution in [2.75, 3.05) is 6.54 Å². The second kappa shape index (κ2) is 6.68. The highest BCUT2D eigenvalue weighted by molar-refractivity contribution is 9.11. The summed E-state index contributed by atoms with van der Waals surface area (Å²) in [5, 5.41) is 3.60. The summed E-state index contributed by atoms with van der Waals surface area (Å²) >= 11 is 5.43. The van der Waals surface area contributed by atoms with Crippen molar-refractivity contribution in [2.45, 2.75) is 44.6 Å². The number of unbranched alkanes of at least 4 members (excludes halogenated alkanes) is 1. The van der Waals surface area contributed by atoms with Crippen LogP contribution in [0.25, 0.3) is 0 Å². The van der Waals surface area contributed by atoms with Crippen LogP contribution < -0.4 is 11.1 Å². The molecule has 1 amide bonds. The van der Waals surface area contributed by atoms with Crippen molar-refractivity contribution < 1.29 is 4.79 Å². The Morgan fingerprint density at radius 3 is 3.17 bits per heavy atom. The van der Waals surface area contributed by atoms with E-state index in [1.54, 1.807) is 0 Å². The van der Waals surface area contributed by atoms with Crippen molar-refractivity contribution in [1.29, 1.82) is 0 Å². The minimum Gasteiger partial charge on any atom is -0.370 e. The third-order valence-corrected chi connectivity index (χ3v) is 5.04. The highest BCUT2D eigenvalue weighted by atomic mass is 79.9. The number of amides is 1. The normalized spacial score (nSPS) is 18.6. The minimum atomic E-state index is -0.197. The molecule has 0 saturated heterocycles. The van der Waals surface area contributed by atoms with E-state index >= 15 is 0 Å². The molecule has 0 bridgehead atoms. The van der Waals surface area contributed by atoms with E-state index in [1.807, 2.05) is 11.3 Å². The summed E-state index contributed by atoms with van der Waals surface area (Å²) in [5.41, 5.74) is 6.59. The van der Waals surface area contributed by atoms with Gasteiger partial charge in [0.05, 0.1) is 3.79 Å². The van der Waals surface area contributed by atoms with Crippen LogP contribution in [0, 0.1) is 0 Å². The molecule has 0 radical (unpaired) electrons. The number of carbonyl (C=O) groups excluding carboxylic acids is 1. The number of rotatable bonds is 6. The summed E-state index contributed by atoms with van der Waals surface area (Å²) in [7, 11) is 0. The number of hydrogen-bond acceptors (Lipinski definition) is 3. The molecule has 1 aromatic rings. The van der Waals surface area contributed by atoms with Gasteiger partial charge in [-0.2, -0.15) is 0 Å². The molecule has 100 valence electrons. The maximum absolute atomic E-state index is 10.6. The van der Waals surface area contributed by atoms with E-state index in [0.29, 0.717) is 12.5 Å². The van der Waals surface area contributed by atoms with Gasteiger partial charge in [0, 0.05) is 17.3 Å². The number of halogens is 1. The fraction of sp³-hybridized carbons (Fsp3) is 0.615. The molecule has 1 aromatic heterocycles. The quantitative estimate of drug-likeness (QED) is 0.787. The lowest BCUT2D eigenvalue weighted by molar-refractivity contribution is -0.118. The lowest BCUT2D eigenvalue weighted by atomic mass is 9.94. The first-order valence-corrected chi connectivity index (χ1v) is 8.07. The lowest BCUT2D eigenvalue weighted by Crippen LogP contribution is -2.25. The molecule has 0 aromatic carbocycles. The third kappa shape index (κ3) is 3.80. The van der Waals surface area contributed by atoms with Gasteiger partial charge in [-0.25, -0.2) is 0 Å². The maximum Gasteiger partial charge on any atom is 0.217 e. The Morgan fingerprint density at radius 1 is 1.56 bits per heavy atom. The number of thiophene rings is 1. The molecule has 1 atom stereocenters. The zero-order chi connectivity index (χ0) is 13.0. The number of nitrogens with two attached hydrogens (primary N) is 1. The van der Waals surface area contributed by atoms with Gasteiger partial charge in [-0.3, -0.25) is 4.79 Å². The van der Waals surface area contributed by atoms with E-state index < -0.39 is 0 Å². The first-order valence-electron chi connectivity index (χ1n) is 6.46.